The molecule has 0 aliphatic heterocycles. The number of nitrogens with zero attached hydrogens (tertiary/aromatic N) is 3. The molecule has 0 spiro atoms. The molecule has 7 heteroatoms. The minimum Gasteiger partial charge on any atom is -0.480 e. The molecule has 0 atom stereocenters. The molecule has 0 aliphatic rings. The molecule has 0 aromatic heterocycles. The largest absolute Gasteiger partial charge is 0.480 e. The van der Waals surface area contributed by atoms with Gasteiger partial charge in [-0.25, -0.2) is 0 Å². The van der Waals surface area contributed by atoms with Crippen LogP contribution in [0.15, 0.2) is 18.2 Å². The Morgan fingerprint density at radius 2 is 2.00 bits per heavy atom. The maximum Gasteiger partial charge on any atom is 0.323 e. The van der Waals surface area contributed by atoms with Crippen molar-refractivity contribution in [2.75, 3.05) is 38.6 Å². The van der Waals surface area contributed by atoms with Gasteiger partial charge < -0.3 is 14.9 Å². The number of nitro groups is 1. The van der Waals surface area contributed by atoms with Crippen LogP contribution in [0.4, 0.5) is 11.4 Å². The van der Waals surface area contributed by atoms with E-state index in [0.717, 1.165) is 0 Å². The van der Waals surface area contributed by atoms with Crippen LogP contribution in [-0.2, 0) is 4.79 Å². The lowest BCUT2D eigenvalue weighted by Gasteiger charge is -2.25. The van der Waals surface area contributed by atoms with Crippen LogP contribution in [0.2, 0.25) is 0 Å². The number of para-hydroxylation sites is 1. The fourth-order valence-electron chi connectivity index (χ4n) is 1.96. The highest BCUT2D eigenvalue weighted by Crippen LogP contribution is 2.31. The predicted octanol–water partition coefficient (Wildman–Crippen LogP) is 1.36. The van der Waals surface area contributed by atoms with Gasteiger partial charge >= 0.3 is 5.97 Å². The summed E-state index contributed by atoms with van der Waals surface area (Å²) in [5.74, 6) is -1.01. The molecule has 1 aromatic rings. The molecule has 0 saturated heterocycles. The number of likely N-dealkylation sites (N-methyl/N-ethyl adjacent to an activating group) is 1. The summed E-state index contributed by atoms with van der Waals surface area (Å²) in [7, 11) is 3.73. The topological polar surface area (TPSA) is 86.9 Å². The van der Waals surface area contributed by atoms with Crippen molar-refractivity contribution in [1.82, 2.24) is 4.90 Å². The van der Waals surface area contributed by atoms with Crippen LogP contribution >= 0.6 is 0 Å². The Hall–Kier alpha value is -2.15. The van der Waals surface area contributed by atoms with E-state index < -0.39 is 10.9 Å². The van der Waals surface area contributed by atoms with Gasteiger partial charge in [-0.15, -0.1) is 0 Å². The summed E-state index contributed by atoms with van der Waals surface area (Å²) in [6.07, 6.45) is 0. The van der Waals surface area contributed by atoms with E-state index in [0.29, 0.717) is 24.3 Å². The van der Waals surface area contributed by atoms with Gasteiger partial charge in [0.05, 0.1) is 4.92 Å². The normalized spacial score (nSPS) is 10.6. The van der Waals surface area contributed by atoms with Crippen molar-refractivity contribution >= 4 is 17.3 Å². The minimum atomic E-state index is -1.01. The molecule has 20 heavy (non-hydrogen) atoms. The molecule has 110 valence electrons. The maximum atomic E-state index is 11.1. The van der Waals surface area contributed by atoms with Crippen LogP contribution in [-0.4, -0.2) is 54.6 Å². The van der Waals surface area contributed by atoms with Crippen molar-refractivity contribution < 1.29 is 14.8 Å². The molecule has 1 rings (SSSR count). The van der Waals surface area contributed by atoms with Gasteiger partial charge in [0.1, 0.15) is 12.2 Å². The van der Waals surface area contributed by atoms with E-state index in [-0.39, 0.29) is 12.2 Å². The third-order valence-electron chi connectivity index (χ3n) is 2.87. The number of aryl methyl sites for hydroxylation is 1. The fraction of sp³-hybridized carbons (Fsp3) is 0.462. The van der Waals surface area contributed by atoms with E-state index in [1.165, 1.54) is 11.0 Å². The summed E-state index contributed by atoms with van der Waals surface area (Å²) in [5, 5.41) is 20.1. The van der Waals surface area contributed by atoms with Crippen molar-refractivity contribution in [1.29, 1.82) is 0 Å². The van der Waals surface area contributed by atoms with Gasteiger partial charge in [0.25, 0.3) is 5.69 Å². The molecule has 1 N–H and O–H groups in total. The Labute approximate surface area is 117 Å². The van der Waals surface area contributed by atoms with Gasteiger partial charge in [-0.1, -0.05) is 12.1 Å². The van der Waals surface area contributed by atoms with Crippen LogP contribution in [0.5, 0.6) is 0 Å². The molecular weight excluding hydrogens is 262 g/mol. The third kappa shape index (κ3) is 4.20. The Balaban J connectivity index is 3.17. The average molecular weight is 281 g/mol. The summed E-state index contributed by atoms with van der Waals surface area (Å²) in [5.41, 5.74) is 1.01. The highest BCUT2D eigenvalue weighted by molar-refractivity contribution is 5.77. The van der Waals surface area contributed by atoms with Crippen molar-refractivity contribution in [3.8, 4) is 0 Å². The second-order valence-electron chi connectivity index (χ2n) is 4.82. The monoisotopic (exact) mass is 281 g/mol. The highest BCUT2D eigenvalue weighted by atomic mass is 16.6. The number of carboxylic acid groups (broad SMARTS) is 1. The Kier molecular flexibility index (Phi) is 5.45. The zero-order valence-electron chi connectivity index (χ0n) is 11.9. The van der Waals surface area contributed by atoms with E-state index in [1.807, 2.05) is 19.0 Å². The van der Waals surface area contributed by atoms with Gasteiger partial charge in [0, 0.05) is 19.2 Å². The summed E-state index contributed by atoms with van der Waals surface area (Å²) < 4.78 is 0. The second kappa shape index (κ2) is 6.85. The van der Waals surface area contributed by atoms with E-state index in [4.69, 9.17) is 5.11 Å². The molecule has 0 saturated carbocycles. The third-order valence-corrected chi connectivity index (χ3v) is 2.87. The highest BCUT2D eigenvalue weighted by Gasteiger charge is 2.23. The molecule has 0 radical (unpaired) electrons. The van der Waals surface area contributed by atoms with E-state index in [1.54, 1.807) is 19.1 Å². The molecule has 7 nitrogen and oxygen atoms in total. The number of hydrogen-bond donors (Lipinski definition) is 1. The zero-order chi connectivity index (χ0) is 15.3. The standard InChI is InChI=1S/C13H19N3O4/c1-10-5-4-6-11(16(19)20)13(10)15(9-12(17)18)8-7-14(2)3/h4-6H,7-9H2,1-3H3,(H,17,18). The predicted molar refractivity (Wildman–Crippen MR) is 76.2 cm³/mol. The smallest absolute Gasteiger partial charge is 0.323 e. The minimum absolute atomic E-state index is 0.0648. The molecule has 0 amide bonds. The second-order valence-corrected chi connectivity index (χ2v) is 4.82. The first kappa shape index (κ1) is 15.9. The first-order valence-electron chi connectivity index (χ1n) is 6.18. The van der Waals surface area contributed by atoms with Gasteiger partial charge in [-0.05, 0) is 26.6 Å². The van der Waals surface area contributed by atoms with Crippen molar-refractivity contribution in [2.45, 2.75) is 6.92 Å². The van der Waals surface area contributed by atoms with Gasteiger partial charge in [-0.2, -0.15) is 0 Å². The number of benzene rings is 1. The number of hydrogen-bond acceptors (Lipinski definition) is 5. The Bertz CT molecular complexity index is 502. The summed E-state index contributed by atoms with van der Waals surface area (Å²) in [6.45, 7) is 2.50. The molecule has 0 unspecified atom stereocenters. The number of nitro benzene ring substituents is 1. The Morgan fingerprint density at radius 1 is 1.35 bits per heavy atom. The van der Waals surface area contributed by atoms with Crippen LogP contribution < -0.4 is 4.90 Å². The molecule has 0 bridgehead atoms. The van der Waals surface area contributed by atoms with Crippen LogP contribution in [0, 0.1) is 17.0 Å². The zero-order valence-corrected chi connectivity index (χ0v) is 11.9. The number of aliphatic carboxylic acids is 1. The molecule has 0 aliphatic carbocycles. The molecular formula is C13H19N3O4. The summed E-state index contributed by atoms with van der Waals surface area (Å²) in [6, 6.07) is 4.74. The molecule has 0 heterocycles. The number of carboxylic acids is 1. The van der Waals surface area contributed by atoms with Crippen LogP contribution in [0.25, 0.3) is 0 Å². The molecule has 0 fully saturated rings. The van der Waals surface area contributed by atoms with Crippen molar-refractivity contribution in [3.05, 3.63) is 33.9 Å². The van der Waals surface area contributed by atoms with E-state index >= 15 is 0 Å². The lowest BCUT2D eigenvalue weighted by Crippen LogP contribution is -2.36. The lowest BCUT2D eigenvalue weighted by atomic mass is 10.1. The maximum absolute atomic E-state index is 11.1. The van der Waals surface area contributed by atoms with E-state index in [2.05, 4.69) is 0 Å². The van der Waals surface area contributed by atoms with Gasteiger partial charge in [0.2, 0.25) is 0 Å². The first-order chi connectivity index (χ1) is 9.32. The Morgan fingerprint density at radius 3 is 2.50 bits per heavy atom. The van der Waals surface area contributed by atoms with Crippen LogP contribution in [0.3, 0.4) is 0 Å². The summed E-state index contributed by atoms with van der Waals surface area (Å²) >= 11 is 0. The average Bonchev–Trinajstić information content (AvgIpc) is 2.33. The number of carbonyl (C=O) groups is 1. The number of rotatable bonds is 7. The fourth-order valence-corrected chi connectivity index (χ4v) is 1.96. The molecule has 1 aromatic carbocycles. The lowest BCUT2D eigenvalue weighted by molar-refractivity contribution is -0.384. The van der Waals surface area contributed by atoms with Crippen molar-refractivity contribution in [2.24, 2.45) is 0 Å². The van der Waals surface area contributed by atoms with Crippen LogP contribution in [0.1, 0.15) is 5.56 Å². The van der Waals surface area contributed by atoms with Gasteiger partial charge in [-0.3, -0.25) is 14.9 Å². The SMILES string of the molecule is Cc1cccc([N+](=O)[O-])c1N(CCN(C)C)CC(=O)O. The van der Waals surface area contributed by atoms with Crippen molar-refractivity contribution in [3.63, 3.8) is 0 Å². The first-order valence-corrected chi connectivity index (χ1v) is 6.18. The van der Waals surface area contributed by atoms with Gasteiger partial charge in [0.15, 0.2) is 0 Å². The quantitative estimate of drug-likeness (QED) is 0.599. The van der Waals surface area contributed by atoms with E-state index in [9.17, 15) is 14.9 Å². The summed E-state index contributed by atoms with van der Waals surface area (Å²) in [4.78, 5) is 25.1. The number of anilines is 1.